The van der Waals surface area contributed by atoms with Gasteiger partial charge in [0.2, 0.25) is 5.95 Å². The number of rotatable bonds is 3. The highest BCUT2D eigenvalue weighted by atomic mass is 19.1. The lowest BCUT2D eigenvalue weighted by Crippen LogP contribution is -2.52. The molecule has 5 rings (SSSR count). The summed E-state index contributed by atoms with van der Waals surface area (Å²) in [5, 5.41) is 9.59. The van der Waals surface area contributed by atoms with Crippen LogP contribution in [0.4, 0.5) is 23.9 Å². The SMILES string of the molecule is Cc1nc(C)n(-c2nc(N3CCN(C(=O)N4N=CCC4c4cc(F)cc(F)c4)CC3)ncc2F)n1. The number of hydrogen-bond acceptors (Lipinski definition) is 7. The number of anilines is 1. The quantitative estimate of drug-likeness (QED) is 0.566. The normalized spacial score (nSPS) is 18.0. The van der Waals surface area contributed by atoms with Crippen molar-refractivity contribution >= 4 is 18.2 Å². The molecule has 1 fully saturated rings. The van der Waals surface area contributed by atoms with Crippen LogP contribution in [0, 0.1) is 31.3 Å². The van der Waals surface area contributed by atoms with Crippen LogP contribution in [0.3, 0.4) is 0 Å². The third kappa shape index (κ3) is 4.40. The highest BCUT2D eigenvalue weighted by Gasteiger charge is 2.34. The molecule has 2 aliphatic heterocycles. The fourth-order valence-electron chi connectivity index (χ4n) is 4.26. The molecule has 3 aromatic rings. The molecule has 0 spiro atoms. The molecule has 2 amide bonds. The highest BCUT2D eigenvalue weighted by molar-refractivity contribution is 5.78. The minimum atomic E-state index is -0.706. The molecule has 2 aromatic heterocycles. The van der Waals surface area contributed by atoms with Gasteiger partial charge in [-0.05, 0) is 31.5 Å². The van der Waals surface area contributed by atoms with Crippen LogP contribution in [0.2, 0.25) is 0 Å². The highest BCUT2D eigenvalue weighted by Crippen LogP contribution is 2.30. The van der Waals surface area contributed by atoms with E-state index >= 15 is 0 Å². The largest absolute Gasteiger partial charge is 0.341 e. The second-order valence-electron chi connectivity index (χ2n) is 8.31. The van der Waals surface area contributed by atoms with Crippen molar-refractivity contribution in [1.29, 1.82) is 0 Å². The Morgan fingerprint density at radius 3 is 2.37 bits per heavy atom. The maximum Gasteiger partial charge on any atom is 0.341 e. The fraction of sp³-hybridized carbons (Fsp3) is 0.364. The van der Waals surface area contributed by atoms with Crippen LogP contribution in [0.15, 0.2) is 29.5 Å². The molecule has 1 atom stereocenters. The Morgan fingerprint density at radius 2 is 1.71 bits per heavy atom. The van der Waals surface area contributed by atoms with E-state index in [1.807, 2.05) is 4.90 Å². The summed E-state index contributed by atoms with van der Waals surface area (Å²) in [7, 11) is 0. The average molecular weight is 485 g/mol. The Hall–Kier alpha value is -4.03. The topological polar surface area (TPSA) is 95.6 Å². The summed E-state index contributed by atoms with van der Waals surface area (Å²) in [5.74, 6) is -0.720. The molecule has 4 heterocycles. The van der Waals surface area contributed by atoms with Crippen LogP contribution >= 0.6 is 0 Å². The second kappa shape index (κ2) is 8.96. The predicted octanol–water partition coefficient (Wildman–Crippen LogP) is 2.77. The number of urea groups is 1. The molecule has 13 heteroatoms. The third-order valence-corrected chi connectivity index (χ3v) is 5.92. The van der Waals surface area contributed by atoms with Crippen LogP contribution in [0.5, 0.6) is 0 Å². The minimum Gasteiger partial charge on any atom is -0.337 e. The van der Waals surface area contributed by atoms with Crippen molar-refractivity contribution < 1.29 is 18.0 Å². The number of aromatic nitrogens is 5. The second-order valence-corrected chi connectivity index (χ2v) is 8.31. The molecule has 182 valence electrons. The maximum absolute atomic E-state index is 14.4. The fourth-order valence-corrected chi connectivity index (χ4v) is 4.26. The van der Waals surface area contributed by atoms with E-state index in [9.17, 15) is 18.0 Å². The molecule has 1 aromatic carbocycles. The molecular formula is C22H22F3N9O. The number of hydrogen-bond donors (Lipinski definition) is 0. The number of halogens is 3. The van der Waals surface area contributed by atoms with E-state index in [1.54, 1.807) is 25.0 Å². The molecule has 2 aliphatic rings. The first-order valence-electron chi connectivity index (χ1n) is 11.0. The van der Waals surface area contributed by atoms with Gasteiger partial charge >= 0.3 is 6.03 Å². The van der Waals surface area contributed by atoms with Gasteiger partial charge in [-0.2, -0.15) is 14.8 Å². The molecule has 0 N–H and O–H groups in total. The molecule has 0 bridgehead atoms. The molecule has 1 saturated heterocycles. The first kappa shape index (κ1) is 22.7. The lowest BCUT2D eigenvalue weighted by molar-refractivity contribution is 0.139. The van der Waals surface area contributed by atoms with Crippen LogP contribution < -0.4 is 4.90 Å². The van der Waals surface area contributed by atoms with Gasteiger partial charge in [0.1, 0.15) is 23.3 Å². The average Bonchev–Trinajstić information content (AvgIpc) is 3.44. The van der Waals surface area contributed by atoms with E-state index in [0.29, 0.717) is 55.8 Å². The van der Waals surface area contributed by atoms with Crippen molar-refractivity contribution in [2.45, 2.75) is 26.3 Å². The van der Waals surface area contributed by atoms with Crippen LogP contribution in [0.25, 0.3) is 5.82 Å². The van der Waals surface area contributed by atoms with Crippen molar-refractivity contribution in [1.82, 2.24) is 34.6 Å². The first-order chi connectivity index (χ1) is 16.8. The van der Waals surface area contributed by atoms with Crippen molar-refractivity contribution in [3.8, 4) is 5.82 Å². The smallest absolute Gasteiger partial charge is 0.337 e. The summed E-state index contributed by atoms with van der Waals surface area (Å²) in [5.41, 5.74) is 0.345. The molecule has 0 radical (unpaired) electrons. The van der Waals surface area contributed by atoms with Crippen LogP contribution in [0.1, 0.15) is 29.7 Å². The lowest BCUT2D eigenvalue weighted by atomic mass is 10.0. The summed E-state index contributed by atoms with van der Waals surface area (Å²) < 4.78 is 43.2. The van der Waals surface area contributed by atoms with Gasteiger partial charge < -0.3 is 9.80 Å². The number of carbonyl (C=O) groups excluding carboxylic acids is 1. The van der Waals surface area contributed by atoms with Crippen molar-refractivity contribution in [3.05, 3.63) is 59.1 Å². The van der Waals surface area contributed by atoms with E-state index < -0.39 is 23.5 Å². The summed E-state index contributed by atoms with van der Waals surface area (Å²) >= 11 is 0. The molecule has 10 nitrogen and oxygen atoms in total. The number of aryl methyl sites for hydroxylation is 2. The van der Waals surface area contributed by atoms with Gasteiger partial charge in [0.05, 0.1) is 12.2 Å². The van der Waals surface area contributed by atoms with E-state index in [0.717, 1.165) is 12.3 Å². The van der Waals surface area contributed by atoms with Gasteiger partial charge in [0, 0.05) is 44.9 Å². The van der Waals surface area contributed by atoms with Gasteiger partial charge in [-0.1, -0.05) is 0 Å². The summed E-state index contributed by atoms with van der Waals surface area (Å²) in [6, 6.07) is 2.27. The molecule has 0 aliphatic carbocycles. The Morgan fingerprint density at radius 1 is 1.00 bits per heavy atom. The summed E-state index contributed by atoms with van der Waals surface area (Å²) in [6.45, 7) is 4.91. The van der Waals surface area contributed by atoms with E-state index in [4.69, 9.17) is 0 Å². The Balaban J connectivity index is 1.28. The zero-order chi connectivity index (χ0) is 24.7. The van der Waals surface area contributed by atoms with Crippen molar-refractivity contribution in [2.75, 3.05) is 31.1 Å². The van der Waals surface area contributed by atoms with Gasteiger partial charge in [-0.15, -0.1) is 5.10 Å². The molecular weight excluding hydrogens is 463 g/mol. The summed E-state index contributed by atoms with van der Waals surface area (Å²) in [6.07, 6.45) is 3.01. The minimum absolute atomic E-state index is 0.00294. The number of carbonyl (C=O) groups is 1. The van der Waals surface area contributed by atoms with Gasteiger partial charge in [-0.25, -0.2) is 32.9 Å². The number of benzene rings is 1. The third-order valence-electron chi connectivity index (χ3n) is 5.92. The molecule has 0 saturated carbocycles. The summed E-state index contributed by atoms with van der Waals surface area (Å²) in [4.78, 5) is 29.2. The van der Waals surface area contributed by atoms with Crippen LogP contribution in [-0.2, 0) is 0 Å². The van der Waals surface area contributed by atoms with Gasteiger partial charge in [0.15, 0.2) is 11.6 Å². The Labute approximate surface area is 198 Å². The van der Waals surface area contributed by atoms with Crippen LogP contribution in [-0.4, -0.2) is 73.1 Å². The number of piperazine rings is 1. The number of nitrogens with zero attached hydrogens (tertiary/aromatic N) is 9. The number of amides is 2. The Kier molecular flexibility index (Phi) is 5.83. The first-order valence-corrected chi connectivity index (χ1v) is 11.0. The van der Waals surface area contributed by atoms with E-state index in [2.05, 4.69) is 25.2 Å². The van der Waals surface area contributed by atoms with Crippen molar-refractivity contribution in [3.63, 3.8) is 0 Å². The predicted molar refractivity (Wildman–Crippen MR) is 120 cm³/mol. The lowest BCUT2D eigenvalue weighted by Gasteiger charge is -2.37. The van der Waals surface area contributed by atoms with Gasteiger partial charge in [-0.3, -0.25) is 0 Å². The standard InChI is InChI=1S/C22H22F3N9O/c1-13-28-14(2)33(30-13)20-18(25)12-26-21(29-20)31-5-7-32(8-6-31)22(35)34-19(3-4-27-34)15-9-16(23)11-17(24)10-15/h4,9-12,19H,3,5-8H2,1-2H3. The molecule has 35 heavy (non-hydrogen) atoms. The Bertz CT molecular complexity index is 1280. The maximum atomic E-state index is 14.4. The molecule has 1 unspecified atom stereocenters. The van der Waals surface area contributed by atoms with Crippen molar-refractivity contribution in [2.24, 2.45) is 5.10 Å². The van der Waals surface area contributed by atoms with E-state index in [-0.39, 0.29) is 11.8 Å². The zero-order valence-corrected chi connectivity index (χ0v) is 19.1. The van der Waals surface area contributed by atoms with E-state index in [1.165, 1.54) is 21.8 Å². The zero-order valence-electron chi connectivity index (χ0n) is 19.1. The number of hydrazone groups is 1. The monoisotopic (exact) mass is 485 g/mol. The van der Waals surface area contributed by atoms with Gasteiger partial charge in [0.25, 0.3) is 0 Å².